The first-order valence-corrected chi connectivity index (χ1v) is 4.76. The molecule has 0 fully saturated rings. The molecule has 82 valence electrons. The summed E-state index contributed by atoms with van der Waals surface area (Å²) < 4.78 is 15.0. The molecule has 0 radical (unpaired) electrons. The lowest BCUT2D eigenvalue weighted by Crippen LogP contribution is -2.11. The fourth-order valence-corrected chi connectivity index (χ4v) is 0.726. The number of hydrogen-bond donors (Lipinski definition) is 0. The van der Waals surface area contributed by atoms with E-state index in [1.165, 1.54) is 0 Å². The van der Waals surface area contributed by atoms with E-state index < -0.39 is 5.97 Å². The molecule has 0 aliphatic carbocycles. The molecule has 0 bridgehead atoms. The van der Waals surface area contributed by atoms with Crippen LogP contribution < -0.4 is 0 Å². The molecule has 0 spiro atoms. The van der Waals surface area contributed by atoms with Crippen molar-refractivity contribution in [3.8, 4) is 0 Å². The number of hydrogen-bond acceptors (Lipinski definition) is 4. The van der Waals surface area contributed by atoms with Crippen molar-refractivity contribution in [1.29, 1.82) is 0 Å². The fourth-order valence-electron chi connectivity index (χ4n) is 0.726. The van der Waals surface area contributed by atoms with E-state index in [0.717, 1.165) is 19.1 Å². The summed E-state index contributed by atoms with van der Waals surface area (Å²) in [6.07, 6.45) is 2.14. The highest BCUT2D eigenvalue weighted by molar-refractivity contribution is 5.81. The maximum atomic E-state index is 10.6. The van der Waals surface area contributed by atoms with Crippen LogP contribution in [-0.4, -0.2) is 39.0 Å². The van der Waals surface area contributed by atoms with Crippen LogP contribution in [0.2, 0.25) is 0 Å². The highest BCUT2D eigenvalue weighted by Crippen LogP contribution is 1.84. The Labute approximate surface area is 84.8 Å². The van der Waals surface area contributed by atoms with Crippen LogP contribution in [0, 0.1) is 0 Å². The Morgan fingerprint density at radius 2 is 1.71 bits per heavy atom. The molecule has 0 aliphatic heterocycles. The number of ether oxygens (including phenoxy) is 3. The van der Waals surface area contributed by atoms with Gasteiger partial charge >= 0.3 is 5.97 Å². The van der Waals surface area contributed by atoms with E-state index in [-0.39, 0.29) is 6.61 Å². The van der Waals surface area contributed by atoms with Crippen molar-refractivity contribution >= 4 is 5.97 Å². The third-order valence-corrected chi connectivity index (χ3v) is 1.36. The van der Waals surface area contributed by atoms with Crippen LogP contribution in [0.15, 0.2) is 12.7 Å². The van der Waals surface area contributed by atoms with Gasteiger partial charge < -0.3 is 14.2 Å². The molecule has 0 heterocycles. The number of carbonyl (C=O) groups excluding carboxylic acids is 1. The topological polar surface area (TPSA) is 44.8 Å². The third kappa shape index (κ3) is 9.22. The standard InChI is InChI=1S/C10H18O4/c1-3-5-12-6-7-13-8-9-14-10(11)4-2/h4H,2-3,5-9H2,1H3. The minimum Gasteiger partial charge on any atom is -0.460 e. The van der Waals surface area contributed by atoms with Crippen LogP contribution in [0.4, 0.5) is 0 Å². The lowest BCUT2D eigenvalue weighted by molar-refractivity contribution is -0.139. The van der Waals surface area contributed by atoms with Crippen LogP contribution in [0.1, 0.15) is 13.3 Å². The van der Waals surface area contributed by atoms with Crippen LogP contribution in [0.5, 0.6) is 0 Å². The summed E-state index contributed by atoms with van der Waals surface area (Å²) in [4.78, 5) is 10.6. The molecule has 0 aromatic rings. The third-order valence-electron chi connectivity index (χ3n) is 1.36. The van der Waals surface area contributed by atoms with Crippen LogP contribution in [-0.2, 0) is 19.0 Å². The van der Waals surface area contributed by atoms with E-state index in [1.54, 1.807) is 0 Å². The first-order valence-electron chi connectivity index (χ1n) is 4.76. The predicted molar refractivity (Wildman–Crippen MR) is 53.1 cm³/mol. The number of esters is 1. The van der Waals surface area contributed by atoms with Crippen molar-refractivity contribution in [3.63, 3.8) is 0 Å². The van der Waals surface area contributed by atoms with E-state index in [0.29, 0.717) is 19.8 Å². The lowest BCUT2D eigenvalue weighted by Gasteiger charge is -2.04. The molecular weight excluding hydrogens is 184 g/mol. The van der Waals surface area contributed by atoms with E-state index in [2.05, 4.69) is 13.5 Å². The Bertz CT molecular complexity index is 156. The number of carbonyl (C=O) groups is 1. The van der Waals surface area contributed by atoms with Gasteiger partial charge in [-0.15, -0.1) is 0 Å². The average Bonchev–Trinajstić information content (AvgIpc) is 2.21. The predicted octanol–water partition coefficient (Wildman–Crippen LogP) is 1.16. The van der Waals surface area contributed by atoms with E-state index in [4.69, 9.17) is 14.2 Å². The maximum Gasteiger partial charge on any atom is 0.330 e. The van der Waals surface area contributed by atoms with Crippen molar-refractivity contribution < 1.29 is 19.0 Å². The molecule has 0 saturated heterocycles. The van der Waals surface area contributed by atoms with Crippen LogP contribution in [0.25, 0.3) is 0 Å². The van der Waals surface area contributed by atoms with E-state index in [9.17, 15) is 4.79 Å². The van der Waals surface area contributed by atoms with Crippen molar-refractivity contribution in [1.82, 2.24) is 0 Å². The Kier molecular flexibility index (Phi) is 9.58. The largest absolute Gasteiger partial charge is 0.460 e. The molecule has 0 aromatic heterocycles. The fraction of sp³-hybridized carbons (Fsp3) is 0.700. The van der Waals surface area contributed by atoms with Crippen molar-refractivity contribution in [2.24, 2.45) is 0 Å². The maximum absolute atomic E-state index is 10.6. The van der Waals surface area contributed by atoms with Gasteiger partial charge in [-0.25, -0.2) is 4.79 Å². The summed E-state index contributed by atoms with van der Waals surface area (Å²) in [5.41, 5.74) is 0. The lowest BCUT2D eigenvalue weighted by atomic mass is 10.5. The highest BCUT2D eigenvalue weighted by Gasteiger charge is 1.94. The summed E-state index contributed by atoms with van der Waals surface area (Å²) in [5.74, 6) is -0.421. The molecule has 0 unspecified atom stereocenters. The van der Waals surface area contributed by atoms with E-state index >= 15 is 0 Å². The molecule has 0 saturated carbocycles. The van der Waals surface area contributed by atoms with Gasteiger partial charge in [0.1, 0.15) is 6.61 Å². The molecule has 4 heteroatoms. The first-order chi connectivity index (χ1) is 6.81. The molecular formula is C10H18O4. The zero-order chi connectivity index (χ0) is 10.6. The van der Waals surface area contributed by atoms with Crippen LogP contribution >= 0.6 is 0 Å². The molecule has 0 amide bonds. The zero-order valence-electron chi connectivity index (χ0n) is 8.66. The molecule has 14 heavy (non-hydrogen) atoms. The summed E-state index contributed by atoms with van der Waals surface area (Å²) in [5, 5.41) is 0. The van der Waals surface area contributed by atoms with Gasteiger partial charge in [0.2, 0.25) is 0 Å². The Morgan fingerprint density at radius 3 is 2.29 bits per heavy atom. The second-order valence-electron chi connectivity index (χ2n) is 2.60. The van der Waals surface area contributed by atoms with Gasteiger partial charge in [0, 0.05) is 12.7 Å². The van der Waals surface area contributed by atoms with Gasteiger partial charge in [-0.2, -0.15) is 0 Å². The van der Waals surface area contributed by atoms with Gasteiger partial charge in [-0.1, -0.05) is 13.5 Å². The summed E-state index contributed by atoms with van der Waals surface area (Å²) in [6, 6.07) is 0. The average molecular weight is 202 g/mol. The quantitative estimate of drug-likeness (QED) is 0.320. The minimum atomic E-state index is -0.421. The van der Waals surface area contributed by atoms with Gasteiger partial charge in [-0.05, 0) is 6.42 Å². The van der Waals surface area contributed by atoms with E-state index in [1.807, 2.05) is 0 Å². The first kappa shape index (κ1) is 13.1. The SMILES string of the molecule is C=CC(=O)OCCOCCOCCC. The van der Waals surface area contributed by atoms with Gasteiger partial charge in [0.05, 0.1) is 19.8 Å². The molecule has 4 nitrogen and oxygen atoms in total. The molecule has 0 atom stereocenters. The van der Waals surface area contributed by atoms with Gasteiger partial charge in [-0.3, -0.25) is 0 Å². The molecule has 0 aromatic carbocycles. The zero-order valence-corrected chi connectivity index (χ0v) is 8.66. The van der Waals surface area contributed by atoms with Crippen molar-refractivity contribution in [3.05, 3.63) is 12.7 Å². The second-order valence-corrected chi connectivity index (χ2v) is 2.60. The Hall–Kier alpha value is -0.870. The summed E-state index contributed by atoms with van der Waals surface area (Å²) >= 11 is 0. The minimum absolute atomic E-state index is 0.263. The summed E-state index contributed by atoms with van der Waals surface area (Å²) in [7, 11) is 0. The van der Waals surface area contributed by atoms with Crippen molar-refractivity contribution in [2.45, 2.75) is 13.3 Å². The van der Waals surface area contributed by atoms with Crippen LogP contribution in [0.3, 0.4) is 0 Å². The summed E-state index contributed by atoms with van der Waals surface area (Å²) in [6.45, 7) is 7.86. The van der Waals surface area contributed by atoms with Gasteiger partial charge in [0.25, 0.3) is 0 Å². The number of rotatable bonds is 9. The Balaban J connectivity index is 2.99. The Morgan fingerprint density at radius 1 is 1.14 bits per heavy atom. The van der Waals surface area contributed by atoms with Crippen molar-refractivity contribution in [2.75, 3.05) is 33.0 Å². The van der Waals surface area contributed by atoms with Gasteiger partial charge in [0.15, 0.2) is 0 Å². The monoisotopic (exact) mass is 202 g/mol. The molecule has 0 rings (SSSR count). The second kappa shape index (κ2) is 10.2. The smallest absolute Gasteiger partial charge is 0.330 e. The normalized spacial score (nSPS) is 9.79. The molecule has 0 aliphatic rings. The molecule has 0 N–H and O–H groups in total. The highest BCUT2D eigenvalue weighted by atomic mass is 16.6.